The Balaban J connectivity index is 1.50. The van der Waals surface area contributed by atoms with E-state index in [9.17, 15) is 4.79 Å². The van der Waals surface area contributed by atoms with E-state index in [1.54, 1.807) is 12.0 Å². The Bertz CT molecular complexity index is 736. The highest BCUT2D eigenvalue weighted by Gasteiger charge is 2.24. The molecule has 2 heterocycles. The zero-order valence-corrected chi connectivity index (χ0v) is 15.4. The average Bonchev–Trinajstić information content (AvgIpc) is 2.62. The van der Waals surface area contributed by atoms with Gasteiger partial charge in [0.25, 0.3) is 0 Å². The van der Waals surface area contributed by atoms with E-state index < -0.39 is 0 Å². The Kier molecular flexibility index (Phi) is 5.55. The van der Waals surface area contributed by atoms with Crippen molar-refractivity contribution in [2.45, 2.75) is 32.8 Å². The molecule has 7 nitrogen and oxygen atoms in total. The molecule has 0 spiro atoms. The first-order chi connectivity index (χ1) is 12.5. The van der Waals surface area contributed by atoms with Gasteiger partial charge < -0.3 is 19.7 Å². The van der Waals surface area contributed by atoms with Gasteiger partial charge in [-0.2, -0.15) is 4.98 Å². The van der Waals surface area contributed by atoms with Gasteiger partial charge in [-0.15, -0.1) is 0 Å². The summed E-state index contributed by atoms with van der Waals surface area (Å²) in [6.45, 7) is 5.07. The molecule has 1 saturated heterocycles. The number of hydrogen-bond donors (Lipinski definition) is 1. The van der Waals surface area contributed by atoms with E-state index in [1.165, 1.54) is 0 Å². The molecule has 0 unspecified atom stereocenters. The number of methoxy groups -OCH3 is 1. The molecule has 1 aromatic carbocycles. The maximum Gasteiger partial charge on any atom is 0.321 e. The number of carbonyl (C=O) groups excluding carboxylic acids is 1. The number of hydrogen-bond acceptors (Lipinski definition) is 5. The molecule has 3 rings (SSSR count). The topological polar surface area (TPSA) is 76.6 Å². The Morgan fingerprint density at radius 3 is 2.46 bits per heavy atom. The van der Waals surface area contributed by atoms with Gasteiger partial charge in [0, 0.05) is 43.4 Å². The number of benzene rings is 1. The number of anilines is 1. The number of amides is 2. The highest BCUT2D eigenvalue weighted by Crippen LogP contribution is 2.20. The first-order valence-corrected chi connectivity index (χ1v) is 8.72. The molecule has 7 heteroatoms. The predicted molar refractivity (Wildman–Crippen MR) is 98.7 cm³/mol. The number of urea groups is 1. The van der Waals surface area contributed by atoms with Crippen LogP contribution in [0.25, 0.3) is 0 Å². The van der Waals surface area contributed by atoms with Crippen LogP contribution in [0.15, 0.2) is 30.3 Å². The fraction of sp³-hybridized carbons (Fsp3) is 0.421. The van der Waals surface area contributed by atoms with Crippen LogP contribution in [-0.2, 0) is 0 Å². The fourth-order valence-electron chi connectivity index (χ4n) is 2.97. The summed E-state index contributed by atoms with van der Waals surface area (Å²) in [6.07, 6.45) is 1.62. The lowest BCUT2D eigenvalue weighted by molar-refractivity contribution is 0.111. The molecule has 2 amide bonds. The van der Waals surface area contributed by atoms with E-state index in [-0.39, 0.29) is 12.1 Å². The van der Waals surface area contributed by atoms with Crippen molar-refractivity contribution in [3.63, 3.8) is 0 Å². The van der Waals surface area contributed by atoms with E-state index in [4.69, 9.17) is 9.47 Å². The van der Waals surface area contributed by atoms with Crippen LogP contribution in [0, 0.1) is 13.8 Å². The Morgan fingerprint density at radius 1 is 1.15 bits per heavy atom. The molecular formula is C19H24N4O3. The number of nitrogens with zero attached hydrogens (tertiary/aromatic N) is 3. The average molecular weight is 356 g/mol. The summed E-state index contributed by atoms with van der Waals surface area (Å²) in [7, 11) is 1.61. The van der Waals surface area contributed by atoms with Crippen molar-refractivity contribution in [2.75, 3.05) is 25.5 Å². The van der Waals surface area contributed by atoms with Gasteiger partial charge in [0.1, 0.15) is 17.7 Å². The number of likely N-dealkylation sites (tertiary alicyclic amines) is 1. The molecular weight excluding hydrogens is 332 g/mol. The van der Waals surface area contributed by atoms with Gasteiger partial charge >= 0.3 is 6.03 Å². The third-order valence-corrected chi connectivity index (χ3v) is 4.30. The lowest BCUT2D eigenvalue weighted by Crippen LogP contribution is -2.43. The number of carbonyl (C=O) groups is 1. The van der Waals surface area contributed by atoms with Crippen LogP contribution in [0.4, 0.5) is 10.5 Å². The number of aryl methyl sites for hydroxylation is 2. The molecule has 0 saturated carbocycles. The van der Waals surface area contributed by atoms with Crippen LogP contribution in [0.1, 0.15) is 24.4 Å². The summed E-state index contributed by atoms with van der Waals surface area (Å²) in [5.41, 5.74) is 1.64. The summed E-state index contributed by atoms with van der Waals surface area (Å²) < 4.78 is 11.1. The summed E-state index contributed by atoms with van der Waals surface area (Å²) in [5, 5.41) is 2.91. The third-order valence-electron chi connectivity index (χ3n) is 4.30. The molecule has 0 radical (unpaired) electrons. The molecule has 26 heavy (non-hydrogen) atoms. The van der Waals surface area contributed by atoms with Crippen LogP contribution < -0.4 is 14.8 Å². The van der Waals surface area contributed by atoms with Crippen LogP contribution in [0.2, 0.25) is 0 Å². The molecule has 1 aromatic heterocycles. The largest absolute Gasteiger partial charge is 0.497 e. The zero-order chi connectivity index (χ0) is 18.5. The summed E-state index contributed by atoms with van der Waals surface area (Å²) >= 11 is 0. The van der Waals surface area contributed by atoms with Crippen LogP contribution in [-0.4, -0.2) is 47.2 Å². The minimum atomic E-state index is -0.0951. The summed E-state index contributed by atoms with van der Waals surface area (Å²) in [6, 6.07) is 9.04. The maximum absolute atomic E-state index is 12.4. The van der Waals surface area contributed by atoms with Crippen molar-refractivity contribution in [2.24, 2.45) is 0 Å². The molecule has 138 valence electrons. The molecule has 0 bridgehead atoms. The molecule has 1 N–H and O–H groups in total. The van der Waals surface area contributed by atoms with E-state index in [0.29, 0.717) is 24.8 Å². The minimum Gasteiger partial charge on any atom is -0.497 e. The Morgan fingerprint density at radius 2 is 1.85 bits per heavy atom. The monoisotopic (exact) mass is 356 g/mol. The van der Waals surface area contributed by atoms with Crippen LogP contribution >= 0.6 is 0 Å². The number of rotatable bonds is 4. The van der Waals surface area contributed by atoms with Gasteiger partial charge in [-0.25, -0.2) is 9.78 Å². The van der Waals surface area contributed by atoms with E-state index >= 15 is 0 Å². The second-order valence-corrected chi connectivity index (χ2v) is 6.36. The summed E-state index contributed by atoms with van der Waals surface area (Å²) in [5.74, 6) is 2.07. The van der Waals surface area contributed by atoms with Gasteiger partial charge in [0.05, 0.1) is 7.11 Å². The van der Waals surface area contributed by atoms with E-state index in [1.807, 2.05) is 44.2 Å². The van der Waals surface area contributed by atoms with Crippen molar-refractivity contribution >= 4 is 11.7 Å². The molecule has 0 aliphatic carbocycles. The number of ether oxygens (including phenoxy) is 2. The number of piperidine rings is 1. The van der Waals surface area contributed by atoms with Gasteiger partial charge in [-0.05, 0) is 38.1 Å². The third kappa shape index (κ3) is 4.62. The SMILES string of the molecule is COc1ccc(NC(=O)N2CCC(Oc3cc(C)nc(C)n3)CC2)cc1. The van der Waals surface area contributed by atoms with Gasteiger partial charge in [-0.1, -0.05) is 0 Å². The second kappa shape index (κ2) is 8.03. The van der Waals surface area contributed by atoms with Crippen molar-refractivity contribution in [1.82, 2.24) is 14.9 Å². The quantitative estimate of drug-likeness (QED) is 0.910. The van der Waals surface area contributed by atoms with E-state index in [0.717, 1.165) is 30.0 Å². The standard InChI is InChI=1S/C19H24N4O3/c1-13-12-18(21-14(2)20-13)26-17-8-10-23(11-9-17)19(24)22-15-4-6-16(25-3)7-5-15/h4-7,12,17H,8-11H2,1-3H3,(H,22,24). The van der Waals surface area contributed by atoms with Gasteiger partial charge in [0.2, 0.25) is 5.88 Å². The maximum atomic E-state index is 12.4. The lowest BCUT2D eigenvalue weighted by atomic mass is 10.1. The van der Waals surface area contributed by atoms with Gasteiger partial charge in [-0.3, -0.25) is 0 Å². The first-order valence-electron chi connectivity index (χ1n) is 8.72. The fourth-order valence-corrected chi connectivity index (χ4v) is 2.97. The normalized spacial score (nSPS) is 14.8. The highest BCUT2D eigenvalue weighted by atomic mass is 16.5. The Labute approximate surface area is 153 Å². The van der Waals surface area contributed by atoms with Crippen LogP contribution in [0.5, 0.6) is 11.6 Å². The lowest BCUT2D eigenvalue weighted by Gasteiger charge is -2.32. The Hall–Kier alpha value is -2.83. The van der Waals surface area contributed by atoms with Crippen molar-refractivity contribution in [1.29, 1.82) is 0 Å². The first kappa shape index (κ1) is 18.0. The van der Waals surface area contributed by atoms with Crippen molar-refractivity contribution in [3.05, 3.63) is 41.9 Å². The zero-order valence-electron chi connectivity index (χ0n) is 15.4. The van der Waals surface area contributed by atoms with Crippen molar-refractivity contribution < 1.29 is 14.3 Å². The van der Waals surface area contributed by atoms with E-state index in [2.05, 4.69) is 15.3 Å². The molecule has 1 aliphatic rings. The number of aromatic nitrogens is 2. The highest BCUT2D eigenvalue weighted by molar-refractivity contribution is 5.89. The van der Waals surface area contributed by atoms with Crippen molar-refractivity contribution in [3.8, 4) is 11.6 Å². The molecule has 0 atom stereocenters. The minimum absolute atomic E-state index is 0.0636. The predicted octanol–water partition coefficient (Wildman–Crippen LogP) is 3.18. The molecule has 1 aliphatic heterocycles. The smallest absolute Gasteiger partial charge is 0.321 e. The van der Waals surface area contributed by atoms with Gasteiger partial charge in [0.15, 0.2) is 0 Å². The molecule has 1 fully saturated rings. The molecule has 2 aromatic rings. The summed E-state index contributed by atoms with van der Waals surface area (Å²) in [4.78, 5) is 22.8. The van der Waals surface area contributed by atoms with Crippen LogP contribution in [0.3, 0.4) is 0 Å². The second-order valence-electron chi connectivity index (χ2n) is 6.36. The number of nitrogens with one attached hydrogen (secondary N) is 1.